The maximum absolute atomic E-state index is 13.2. The Morgan fingerprint density at radius 2 is 2.00 bits per heavy atom. The van der Waals surface area contributed by atoms with Gasteiger partial charge in [0.1, 0.15) is 11.6 Å². The Morgan fingerprint density at radius 1 is 1.40 bits per heavy atom. The summed E-state index contributed by atoms with van der Waals surface area (Å²) in [5.74, 6) is -2.03. The topological polar surface area (TPSA) is 69.4 Å². The minimum absolute atomic E-state index is 0.329. The molecule has 0 radical (unpaired) electrons. The second-order valence-electron chi connectivity index (χ2n) is 2.58. The molecule has 84 valence electrons. The second-order valence-corrected chi connectivity index (χ2v) is 4.21. The smallest absolute Gasteiger partial charge is 0.253 e. The Hall–Kier alpha value is -0.760. The van der Waals surface area contributed by atoms with Crippen LogP contribution < -0.4 is 5.14 Å². The first-order chi connectivity index (χ1) is 6.81. The van der Waals surface area contributed by atoms with E-state index >= 15 is 0 Å². The van der Waals surface area contributed by atoms with Gasteiger partial charge in [-0.05, 0) is 12.1 Å². The van der Waals surface area contributed by atoms with Gasteiger partial charge in [-0.25, -0.2) is 13.9 Å². The van der Waals surface area contributed by atoms with Gasteiger partial charge in [0.15, 0.2) is 0 Å². The van der Waals surface area contributed by atoms with Gasteiger partial charge in [0.2, 0.25) is 0 Å². The van der Waals surface area contributed by atoms with E-state index in [0.29, 0.717) is 0 Å². The highest BCUT2D eigenvalue weighted by Crippen LogP contribution is 2.21. The molecule has 0 aliphatic heterocycles. The van der Waals surface area contributed by atoms with Crippen molar-refractivity contribution in [2.45, 2.75) is 6.61 Å². The molecule has 0 aromatic heterocycles. The number of rotatable bonds is 3. The summed E-state index contributed by atoms with van der Waals surface area (Å²) in [5.41, 5.74) is -0.587. The van der Waals surface area contributed by atoms with Crippen molar-refractivity contribution < 1.29 is 21.4 Å². The van der Waals surface area contributed by atoms with Gasteiger partial charge in [-0.15, -0.1) is 0 Å². The van der Waals surface area contributed by atoms with Crippen molar-refractivity contribution in [2.24, 2.45) is 5.14 Å². The molecule has 0 atom stereocenters. The molecular weight excluding hydrogens is 252 g/mol. The number of nitrogens with two attached hydrogens (primary N) is 1. The van der Waals surface area contributed by atoms with E-state index in [0.717, 1.165) is 12.1 Å². The van der Waals surface area contributed by atoms with Crippen molar-refractivity contribution in [1.29, 1.82) is 0 Å². The van der Waals surface area contributed by atoms with Gasteiger partial charge >= 0.3 is 10.3 Å². The minimum atomic E-state index is -4.25. The molecule has 0 fully saturated rings. The second kappa shape index (κ2) is 4.40. The molecule has 1 aromatic rings. The summed E-state index contributed by atoms with van der Waals surface area (Å²) in [7, 11) is -4.25. The van der Waals surface area contributed by atoms with Crippen molar-refractivity contribution >= 4 is 21.9 Å². The third kappa shape index (κ3) is 3.38. The predicted molar refractivity (Wildman–Crippen MR) is 49.3 cm³/mol. The average molecular weight is 258 g/mol. The van der Waals surface area contributed by atoms with Crippen LogP contribution in [0.1, 0.15) is 5.56 Å². The van der Waals surface area contributed by atoms with Gasteiger partial charge in [-0.2, -0.15) is 8.42 Å². The molecular formula is C7H6ClF2NO3S. The van der Waals surface area contributed by atoms with Crippen LogP contribution >= 0.6 is 11.6 Å². The first kappa shape index (κ1) is 12.3. The van der Waals surface area contributed by atoms with Crippen LogP contribution in [0.5, 0.6) is 0 Å². The zero-order chi connectivity index (χ0) is 11.6. The van der Waals surface area contributed by atoms with Crippen LogP contribution in [0.25, 0.3) is 0 Å². The molecule has 15 heavy (non-hydrogen) atoms. The van der Waals surface area contributed by atoms with Gasteiger partial charge < -0.3 is 0 Å². The van der Waals surface area contributed by atoms with Crippen molar-refractivity contribution in [3.63, 3.8) is 0 Å². The van der Waals surface area contributed by atoms with E-state index < -0.39 is 34.1 Å². The predicted octanol–water partition coefficient (Wildman–Crippen LogP) is 1.34. The standard InChI is InChI=1S/C7H6ClF2NO3S/c8-5-1-2-6(9)4(7(5)10)3-14-15(11,12)13/h1-2H,3H2,(H2,11,12,13). The van der Waals surface area contributed by atoms with E-state index in [4.69, 9.17) is 11.6 Å². The van der Waals surface area contributed by atoms with Crippen LogP contribution in [0.2, 0.25) is 5.02 Å². The molecule has 0 spiro atoms. The monoisotopic (exact) mass is 257 g/mol. The van der Waals surface area contributed by atoms with Crippen LogP contribution in [-0.4, -0.2) is 8.42 Å². The van der Waals surface area contributed by atoms with Gasteiger partial charge in [-0.3, -0.25) is 4.18 Å². The first-order valence-corrected chi connectivity index (χ1v) is 5.45. The quantitative estimate of drug-likeness (QED) is 0.831. The molecule has 0 saturated heterocycles. The van der Waals surface area contributed by atoms with Gasteiger partial charge in [-0.1, -0.05) is 11.6 Å². The number of hydrogen-bond donors (Lipinski definition) is 1. The van der Waals surface area contributed by atoms with Crippen molar-refractivity contribution in [2.75, 3.05) is 0 Å². The lowest BCUT2D eigenvalue weighted by molar-refractivity contribution is 0.296. The highest BCUT2D eigenvalue weighted by molar-refractivity contribution is 7.84. The van der Waals surface area contributed by atoms with E-state index in [2.05, 4.69) is 9.32 Å². The third-order valence-corrected chi connectivity index (χ3v) is 2.24. The Kier molecular flexibility index (Phi) is 3.61. The van der Waals surface area contributed by atoms with Crippen LogP contribution in [0.3, 0.4) is 0 Å². The van der Waals surface area contributed by atoms with Crippen molar-refractivity contribution in [3.8, 4) is 0 Å². The summed E-state index contributed by atoms with van der Waals surface area (Å²) in [6.45, 7) is -0.836. The molecule has 0 amide bonds. The summed E-state index contributed by atoms with van der Waals surface area (Å²) >= 11 is 5.36. The minimum Gasteiger partial charge on any atom is -0.253 e. The summed E-state index contributed by atoms with van der Waals surface area (Å²) in [6.07, 6.45) is 0. The number of halogens is 3. The molecule has 0 bridgehead atoms. The van der Waals surface area contributed by atoms with E-state index in [1.807, 2.05) is 0 Å². The maximum Gasteiger partial charge on any atom is 0.333 e. The van der Waals surface area contributed by atoms with E-state index in [1.54, 1.807) is 0 Å². The maximum atomic E-state index is 13.2. The lowest BCUT2D eigenvalue weighted by Crippen LogP contribution is -2.16. The van der Waals surface area contributed by atoms with Gasteiger partial charge in [0.25, 0.3) is 0 Å². The molecule has 0 heterocycles. The fraction of sp³-hybridized carbons (Fsp3) is 0.143. The normalized spacial score (nSPS) is 11.7. The molecule has 1 rings (SSSR count). The molecule has 8 heteroatoms. The highest BCUT2D eigenvalue weighted by atomic mass is 35.5. The summed E-state index contributed by atoms with van der Waals surface area (Å²) in [6, 6.07) is 1.90. The Morgan fingerprint density at radius 3 is 2.53 bits per heavy atom. The highest BCUT2D eigenvalue weighted by Gasteiger charge is 2.15. The molecule has 1 aromatic carbocycles. The molecule has 2 N–H and O–H groups in total. The Bertz CT molecular complexity index is 477. The van der Waals surface area contributed by atoms with Gasteiger partial charge in [0, 0.05) is 0 Å². The lowest BCUT2D eigenvalue weighted by Gasteiger charge is -2.05. The fourth-order valence-corrected chi connectivity index (χ4v) is 1.30. The molecule has 0 aliphatic carbocycles. The van der Waals surface area contributed by atoms with Gasteiger partial charge in [0.05, 0.1) is 17.2 Å². The molecule has 0 unspecified atom stereocenters. The SMILES string of the molecule is NS(=O)(=O)OCc1c(F)ccc(Cl)c1F. The zero-order valence-electron chi connectivity index (χ0n) is 7.21. The average Bonchev–Trinajstić information content (AvgIpc) is 2.10. The number of hydrogen-bond acceptors (Lipinski definition) is 3. The van der Waals surface area contributed by atoms with Crippen LogP contribution in [0.15, 0.2) is 12.1 Å². The molecule has 0 aliphatic rings. The first-order valence-electron chi connectivity index (χ1n) is 3.61. The molecule has 0 saturated carbocycles. The summed E-state index contributed by atoms with van der Waals surface area (Å²) in [5, 5.41) is 4.16. The van der Waals surface area contributed by atoms with Crippen LogP contribution in [-0.2, 0) is 21.1 Å². The largest absolute Gasteiger partial charge is 0.333 e. The number of benzene rings is 1. The van der Waals surface area contributed by atoms with Crippen LogP contribution in [0, 0.1) is 11.6 Å². The zero-order valence-corrected chi connectivity index (χ0v) is 8.78. The lowest BCUT2D eigenvalue weighted by atomic mass is 10.2. The Labute approximate surface area is 89.9 Å². The summed E-state index contributed by atoms with van der Waals surface area (Å²) < 4.78 is 51.0. The van der Waals surface area contributed by atoms with Crippen molar-refractivity contribution in [3.05, 3.63) is 34.4 Å². The van der Waals surface area contributed by atoms with E-state index in [9.17, 15) is 17.2 Å². The fourth-order valence-electron chi connectivity index (χ4n) is 0.842. The van der Waals surface area contributed by atoms with E-state index in [-0.39, 0.29) is 5.02 Å². The summed E-state index contributed by atoms with van der Waals surface area (Å²) in [4.78, 5) is 0. The van der Waals surface area contributed by atoms with Crippen LogP contribution in [0.4, 0.5) is 8.78 Å². The van der Waals surface area contributed by atoms with Crippen molar-refractivity contribution in [1.82, 2.24) is 0 Å². The Balaban J connectivity index is 2.99. The van der Waals surface area contributed by atoms with E-state index in [1.165, 1.54) is 0 Å². The third-order valence-electron chi connectivity index (χ3n) is 1.51. The molecule has 4 nitrogen and oxygen atoms in total.